The molecule has 20 heavy (non-hydrogen) atoms. The van der Waals surface area contributed by atoms with Gasteiger partial charge in [-0.05, 0) is 59.0 Å². The molecule has 0 radical (unpaired) electrons. The topological polar surface area (TPSA) is 67.1 Å². The molecule has 0 unspecified atom stereocenters. The zero-order valence-corrected chi connectivity index (χ0v) is 13.0. The fourth-order valence-electron chi connectivity index (χ4n) is 1.61. The van der Waals surface area contributed by atoms with Gasteiger partial charge in [0.1, 0.15) is 5.82 Å². The fourth-order valence-corrected chi connectivity index (χ4v) is 2.39. The van der Waals surface area contributed by atoms with Crippen molar-refractivity contribution in [2.45, 2.75) is 0 Å². The molecule has 0 saturated carbocycles. The molecule has 0 aromatic heterocycles. The van der Waals surface area contributed by atoms with Gasteiger partial charge in [-0.25, -0.2) is 4.39 Å². The van der Waals surface area contributed by atoms with Gasteiger partial charge in [0.05, 0.1) is 16.9 Å². The molecule has 4 N–H and O–H groups in total. The van der Waals surface area contributed by atoms with E-state index in [0.717, 1.165) is 0 Å². The molecular formula is C13H10ClFIN3O. The number of carbonyl (C=O) groups is 1. The minimum atomic E-state index is -0.384. The lowest BCUT2D eigenvalue weighted by Crippen LogP contribution is -2.17. The first-order valence-electron chi connectivity index (χ1n) is 5.54. The number of carbonyl (C=O) groups excluding carboxylic acids is 1. The largest absolute Gasteiger partial charge is 0.323 e. The molecule has 2 aromatic rings. The number of amides is 1. The van der Waals surface area contributed by atoms with Crippen LogP contribution in [0.4, 0.5) is 15.8 Å². The molecule has 2 rings (SSSR count). The second kappa shape index (κ2) is 6.38. The molecule has 0 spiro atoms. The Morgan fingerprint density at radius 1 is 1.20 bits per heavy atom. The van der Waals surface area contributed by atoms with E-state index in [9.17, 15) is 9.18 Å². The smallest absolute Gasteiger partial charge is 0.257 e. The molecule has 0 heterocycles. The summed E-state index contributed by atoms with van der Waals surface area (Å²) in [5.74, 6) is 4.61. The standard InChI is InChI=1S/C13H10ClFIN3O/c14-7-1-3-11(19-17)9(5-7)13(20)18-12-4-2-8(15)6-10(12)16/h1-6,19H,17H2,(H,18,20). The van der Waals surface area contributed by atoms with Crippen LogP contribution < -0.4 is 16.6 Å². The number of nitrogen functional groups attached to an aromatic ring is 1. The van der Waals surface area contributed by atoms with Gasteiger partial charge in [0.15, 0.2) is 0 Å². The SMILES string of the molecule is NNc1ccc(Cl)cc1C(=O)Nc1ccc(F)cc1I. The van der Waals surface area contributed by atoms with E-state index in [4.69, 9.17) is 17.4 Å². The van der Waals surface area contributed by atoms with Crippen molar-refractivity contribution in [3.05, 3.63) is 56.4 Å². The fraction of sp³-hybridized carbons (Fsp3) is 0. The third-order valence-electron chi connectivity index (χ3n) is 2.56. The van der Waals surface area contributed by atoms with E-state index in [1.54, 1.807) is 12.1 Å². The Morgan fingerprint density at radius 2 is 1.90 bits per heavy atom. The monoisotopic (exact) mass is 405 g/mol. The Hall–Kier alpha value is -1.38. The summed E-state index contributed by atoms with van der Waals surface area (Å²) < 4.78 is 13.6. The second-order valence-electron chi connectivity index (χ2n) is 3.91. The number of halogens is 3. The molecule has 0 aliphatic rings. The van der Waals surface area contributed by atoms with Crippen molar-refractivity contribution in [1.29, 1.82) is 0 Å². The van der Waals surface area contributed by atoms with Crippen LogP contribution in [0.25, 0.3) is 0 Å². The molecule has 2 aromatic carbocycles. The molecule has 0 aliphatic heterocycles. The Labute approximate surface area is 133 Å². The van der Waals surface area contributed by atoms with Gasteiger partial charge in [0.25, 0.3) is 5.91 Å². The zero-order valence-electron chi connectivity index (χ0n) is 10.1. The summed E-state index contributed by atoms with van der Waals surface area (Å²) in [5, 5.41) is 3.11. The Balaban J connectivity index is 2.30. The molecule has 7 heteroatoms. The van der Waals surface area contributed by atoms with Crippen LogP contribution in [0.15, 0.2) is 36.4 Å². The maximum Gasteiger partial charge on any atom is 0.257 e. The molecular weight excluding hydrogens is 396 g/mol. The van der Waals surface area contributed by atoms with Crippen molar-refractivity contribution in [3.8, 4) is 0 Å². The van der Waals surface area contributed by atoms with E-state index in [1.165, 1.54) is 24.3 Å². The van der Waals surface area contributed by atoms with E-state index >= 15 is 0 Å². The maximum atomic E-state index is 13.0. The van der Waals surface area contributed by atoms with E-state index in [2.05, 4.69) is 10.7 Å². The number of anilines is 2. The average molecular weight is 406 g/mol. The van der Waals surface area contributed by atoms with Crippen LogP contribution in [0.5, 0.6) is 0 Å². The average Bonchev–Trinajstić information content (AvgIpc) is 2.41. The molecule has 1 amide bonds. The highest BCUT2D eigenvalue weighted by atomic mass is 127. The van der Waals surface area contributed by atoms with Crippen LogP contribution in [0.1, 0.15) is 10.4 Å². The lowest BCUT2D eigenvalue weighted by Gasteiger charge is -2.11. The molecule has 0 saturated heterocycles. The van der Waals surface area contributed by atoms with Crippen molar-refractivity contribution in [2.24, 2.45) is 5.84 Å². The highest BCUT2D eigenvalue weighted by Crippen LogP contribution is 2.23. The van der Waals surface area contributed by atoms with Crippen LogP contribution >= 0.6 is 34.2 Å². The van der Waals surface area contributed by atoms with Crippen LogP contribution in [0.2, 0.25) is 5.02 Å². The quantitative estimate of drug-likeness (QED) is 0.415. The molecule has 0 fully saturated rings. The predicted octanol–water partition coefficient (Wildman–Crippen LogP) is 3.62. The van der Waals surface area contributed by atoms with Crippen LogP contribution in [0.3, 0.4) is 0 Å². The van der Waals surface area contributed by atoms with Gasteiger partial charge >= 0.3 is 0 Å². The van der Waals surface area contributed by atoms with E-state index < -0.39 is 0 Å². The van der Waals surface area contributed by atoms with Gasteiger partial charge in [0, 0.05) is 8.59 Å². The number of hydrogen-bond donors (Lipinski definition) is 3. The lowest BCUT2D eigenvalue weighted by molar-refractivity contribution is 0.102. The minimum Gasteiger partial charge on any atom is -0.323 e. The van der Waals surface area contributed by atoms with Gasteiger partial charge in [-0.3, -0.25) is 10.6 Å². The Kier molecular flexibility index (Phi) is 4.79. The van der Waals surface area contributed by atoms with E-state index in [-0.39, 0.29) is 11.7 Å². The highest BCUT2D eigenvalue weighted by Gasteiger charge is 2.13. The highest BCUT2D eigenvalue weighted by molar-refractivity contribution is 14.1. The summed E-state index contributed by atoms with van der Waals surface area (Å²) in [5.41, 5.74) is 3.70. The summed E-state index contributed by atoms with van der Waals surface area (Å²) in [6, 6.07) is 8.83. The predicted molar refractivity (Wildman–Crippen MR) is 86.3 cm³/mol. The number of rotatable bonds is 3. The third kappa shape index (κ3) is 3.38. The summed E-state index contributed by atoms with van der Waals surface area (Å²) >= 11 is 7.82. The second-order valence-corrected chi connectivity index (χ2v) is 5.51. The van der Waals surface area contributed by atoms with Crippen molar-refractivity contribution in [2.75, 3.05) is 10.7 Å². The first-order chi connectivity index (χ1) is 9.51. The van der Waals surface area contributed by atoms with Crippen LogP contribution in [-0.2, 0) is 0 Å². The summed E-state index contributed by atoms with van der Waals surface area (Å²) in [4.78, 5) is 12.2. The number of nitrogens with two attached hydrogens (primary N) is 1. The molecule has 0 aliphatic carbocycles. The van der Waals surface area contributed by atoms with Gasteiger partial charge in [-0.2, -0.15) is 0 Å². The number of benzene rings is 2. The Bertz CT molecular complexity index is 666. The van der Waals surface area contributed by atoms with Crippen molar-refractivity contribution in [3.63, 3.8) is 0 Å². The molecule has 4 nitrogen and oxygen atoms in total. The minimum absolute atomic E-state index is 0.306. The van der Waals surface area contributed by atoms with Crippen molar-refractivity contribution < 1.29 is 9.18 Å². The molecule has 0 atom stereocenters. The third-order valence-corrected chi connectivity index (χ3v) is 3.69. The number of nitrogens with one attached hydrogen (secondary N) is 2. The van der Waals surface area contributed by atoms with Gasteiger partial charge in [-0.1, -0.05) is 11.6 Å². The summed E-state index contributed by atoms with van der Waals surface area (Å²) in [6.45, 7) is 0. The summed E-state index contributed by atoms with van der Waals surface area (Å²) in [6.07, 6.45) is 0. The molecule has 104 valence electrons. The normalized spacial score (nSPS) is 10.2. The number of hydrogen-bond acceptors (Lipinski definition) is 3. The maximum absolute atomic E-state index is 13.0. The summed E-state index contributed by atoms with van der Waals surface area (Å²) in [7, 11) is 0. The first-order valence-corrected chi connectivity index (χ1v) is 6.99. The lowest BCUT2D eigenvalue weighted by atomic mass is 10.1. The zero-order chi connectivity index (χ0) is 14.7. The number of hydrazine groups is 1. The van der Waals surface area contributed by atoms with E-state index in [0.29, 0.717) is 25.5 Å². The van der Waals surface area contributed by atoms with Crippen LogP contribution in [0, 0.1) is 9.39 Å². The van der Waals surface area contributed by atoms with E-state index in [1.807, 2.05) is 22.6 Å². The Morgan fingerprint density at radius 3 is 2.55 bits per heavy atom. The van der Waals surface area contributed by atoms with Gasteiger partial charge in [-0.15, -0.1) is 0 Å². The van der Waals surface area contributed by atoms with Crippen molar-refractivity contribution >= 4 is 51.5 Å². The first kappa shape index (κ1) is 15.0. The van der Waals surface area contributed by atoms with Gasteiger partial charge < -0.3 is 10.7 Å². The van der Waals surface area contributed by atoms with Crippen LogP contribution in [-0.4, -0.2) is 5.91 Å². The van der Waals surface area contributed by atoms with Gasteiger partial charge in [0.2, 0.25) is 0 Å². The molecule has 0 bridgehead atoms. The van der Waals surface area contributed by atoms with Crippen molar-refractivity contribution in [1.82, 2.24) is 0 Å².